The largest absolute Gasteiger partial charge is 0.394 e. The first-order chi connectivity index (χ1) is 11.9. The Morgan fingerprint density at radius 1 is 1.52 bits per heavy atom. The molecule has 0 radical (unpaired) electrons. The van der Waals surface area contributed by atoms with E-state index >= 15 is 0 Å². The predicted octanol–water partition coefficient (Wildman–Crippen LogP) is 1.11. The van der Waals surface area contributed by atoms with Crippen LogP contribution in [0.4, 0.5) is 0 Å². The Morgan fingerprint density at radius 2 is 2.20 bits per heavy atom. The zero-order valence-electron chi connectivity index (χ0n) is 15.4. The molecule has 1 atom stereocenters. The van der Waals surface area contributed by atoms with E-state index in [1.165, 1.54) is 0 Å². The minimum absolute atomic E-state index is 0.0546. The number of aliphatic hydroxyl groups is 1. The molecule has 0 aliphatic carbocycles. The van der Waals surface area contributed by atoms with Crippen molar-refractivity contribution in [2.45, 2.75) is 51.6 Å². The molecule has 2 rings (SSSR count). The topological polar surface area (TPSA) is 94.2 Å². The number of carbonyl (C=O) groups is 1. The monoisotopic (exact) mass is 347 g/mol. The summed E-state index contributed by atoms with van der Waals surface area (Å²) in [7, 11) is 0. The average molecular weight is 347 g/mol. The van der Waals surface area contributed by atoms with Crippen LogP contribution in [0.25, 0.3) is 0 Å². The number of amides is 1. The molecule has 2 N–H and O–H groups in total. The lowest BCUT2D eigenvalue weighted by molar-refractivity contribution is -0.124. The molecular formula is C18H29N5O2. The quantitative estimate of drug-likeness (QED) is 0.770. The maximum absolute atomic E-state index is 12.3. The summed E-state index contributed by atoms with van der Waals surface area (Å²) < 4.78 is 1.87. The molecule has 0 aromatic carbocycles. The summed E-state index contributed by atoms with van der Waals surface area (Å²) >= 11 is 0. The number of aromatic nitrogens is 2. The van der Waals surface area contributed by atoms with E-state index in [0.717, 1.165) is 31.6 Å². The number of nitriles is 1. The molecule has 7 heteroatoms. The Hall–Kier alpha value is -1.91. The maximum Gasteiger partial charge on any atom is 0.235 e. The highest BCUT2D eigenvalue weighted by Gasteiger charge is 2.31. The predicted molar refractivity (Wildman–Crippen MR) is 94.7 cm³/mol. The third-order valence-corrected chi connectivity index (χ3v) is 5.22. The molecule has 1 fully saturated rings. The Bertz CT molecular complexity index is 613. The first kappa shape index (κ1) is 19.4. The number of likely N-dealkylation sites (tertiary alicyclic amines) is 1. The number of aliphatic hydroxyl groups excluding tert-OH is 1. The fraction of sp³-hybridized carbons (Fsp3) is 0.722. The Labute approximate surface area is 149 Å². The van der Waals surface area contributed by atoms with Crippen LogP contribution in [0.2, 0.25) is 0 Å². The van der Waals surface area contributed by atoms with E-state index in [0.29, 0.717) is 19.0 Å². The lowest BCUT2D eigenvalue weighted by atomic mass is 9.90. The van der Waals surface area contributed by atoms with Crippen molar-refractivity contribution in [2.75, 3.05) is 26.2 Å². The van der Waals surface area contributed by atoms with Crippen LogP contribution in [-0.2, 0) is 11.3 Å². The van der Waals surface area contributed by atoms with E-state index in [1.54, 1.807) is 13.1 Å². The Morgan fingerprint density at radius 3 is 2.76 bits per heavy atom. The molecule has 1 aliphatic heterocycles. The summed E-state index contributed by atoms with van der Waals surface area (Å²) in [6, 6.07) is 4.23. The number of nitrogens with one attached hydrogen (secondary N) is 1. The second-order valence-corrected chi connectivity index (χ2v) is 7.27. The summed E-state index contributed by atoms with van der Waals surface area (Å²) in [4.78, 5) is 14.4. The van der Waals surface area contributed by atoms with Gasteiger partial charge >= 0.3 is 0 Å². The number of hydrogen-bond acceptors (Lipinski definition) is 5. The van der Waals surface area contributed by atoms with E-state index in [9.17, 15) is 10.1 Å². The highest BCUT2D eigenvalue weighted by molar-refractivity contribution is 5.79. The van der Waals surface area contributed by atoms with E-state index in [-0.39, 0.29) is 18.4 Å². The molecule has 0 saturated carbocycles. The van der Waals surface area contributed by atoms with Crippen molar-refractivity contribution >= 4 is 5.91 Å². The summed E-state index contributed by atoms with van der Waals surface area (Å²) in [5.41, 5.74) is 0.335. The van der Waals surface area contributed by atoms with Crippen LogP contribution in [0.1, 0.15) is 45.2 Å². The van der Waals surface area contributed by atoms with Crippen molar-refractivity contribution in [3.63, 3.8) is 0 Å². The van der Waals surface area contributed by atoms with Crippen LogP contribution < -0.4 is 5.32 Å². The second-order valence-electron chi connectivity index (χ2n) is 7.27. The van der Waals surface area contributed by atoms with Gasteiger partial charge in [-0.05, 0) is 44.8 Å². The van der Waals surface area contributed by atoms with Crippen molar-refractivity contribution < 1.29 is 9.90 Å². The zero-order valence-corrected chi connectivity index (χ0v) is 15.4. The molecule has 7 nitrogen and oxygen atoms in total. The van der Waals surface area contributed by atoms with Crippen LogP contribution in [0, 0.1) is 17.2 Å². The minimum atomic E-state index is -0.827. The SMILES string of the molecule is CC(C)[C@@](C)(C#N)NC(=O)CN1CCC(c2ccnn2CCO)CC1. The van der Waals surface area contributed by atoms with Gasteiger partial charge in [-0.1, -0.05) is 13.8 Å². The van der Waals surface area contributed by atoms with Crippen LogP contribution in [0.15, 0.2) is 12.3 Å². The van der Waals surface area contributed by atoms with Gasteiger partial charge < -0.3 is 10.4 Å². The van der Waals surface area contributed by atoms with Crippen molar-refractivity contribution in [1.82, 2.24) is 20.0 Å². The molecule has 25 heavy (non-hydrogen) atoms. The summed E-state index contributed by atoms with van der Waals surface area (Å²) in [6.45, 7) is 8.25. The summed E-state index contributed by atoms with van der Waals surface area (Å²) in [5, 5.41) is 25.6. The number of rotatable bonds is 7. The number of piperidine rings is 1. The smallest absolute Gasteiger partial charge is 0.235 e. The Kier molecular flexibility index (Phi) is 6.57. The van der Waals surface area contributed by atoms with Crippen molar-refractivity contribution in [3.8, 4) is 6.07 Å². The van der Waals surface area contributed by atoms with E-state index in [4.69, 9.17) is 5.11 Å². The molecule has 1 amide bonds. The summed E-state index contributed by atoms with van der Waals surface area (Å²) in [5.74, 6) is 0.369. The standard InChI is InChI=1S/C18H29N5O2/c1-14(2)18(3,13-19)21-17(25)12-22-8-5-15(6-9-22)16-4-7-20-23(16)10-11-24/h4,7,14-15,24H,5-6,8-12H2,1-3H3,(H,21,25)/t18-/m1/s1. The van der Waals surface area contributed by atoms with Crippen LogP contribution >= 0.6 is 0 Å². The van der Waals surface area contributed by atoms with Gasteiger partial charge in [0.25, 0.3) is 0 Å². The second kappa shape index (κ2) is 8.45. The molecular weight excluding hydrogens is 318 g/mol. The van der Waals surface area contributed by atoms with Crippen LogP contribution in [0.5, 0.6) is 0 Å². The number of nitrogens with zero attached hydrogens (tertiary/aromatic N) is 4. The van der Waals surface area contributed by atoms with Gasteiger partial charge in [0.1, 0.15) is 5.54 Å². The molecule has 1 aromatic rings. The van der Waals surface area contributed by atoms with E-state index in [2.05, 4.69) is 21.4 Å². The fourth-order valence-corrected chi connectivity index (χ4v) is 3.19. The van der Waals surface area contributed by atoms with Gasteiger partial charge in [-0.2, -0.15) is 10.4 Å². The lowest BCUT2D eigenvalue weighted by Gasteiger charge is -2.33. The highest BCUT2D eigenvalue weighted by atomic mass is 16.3. The van der Waals surface area contributed by atoms with Gasteiger partial charge in [-0.25, -0.2) is 0 Å². The summed E-state index contributed by atoms with van der Waals surface area (Å²) in [6.07, 6.45) is 3.70. The van der Waals surface area contributed by atoms with Crippen molar-refractivity contribution in [2.24, 2.45) is 5.92 Å². The van der Waals surface area contributed by atoms with Gasteiger partial charge in [-0.15, -0.1) is 0 Å². The molecule has 1 saturated heterocycles. The molecule has 0 bridgehead atoms. The van der Waals surface area contributed by atoms with Gasteiger partial charge in [0, 0.05) is 17.8 Å². The van der Waals surface area contributed by atoms with Gasteiger partial charge in [-0.3, -0.25) is 14.4 Å². The van der Waals surface area contributed by atoms with Crippen molar-refractivity contribution in [3.05, 3.63) is 18.0 Å². The van der Waals surface area contributed by atoms with Gasteiger partial charge in [0.05, 0.1) is 25.8 Å². The molecule has 0 unspecified atom stereocenters. The highest BCUT2D eigenvalue weighted by Crippen LogP contribution is 2.27. The first-order valence-electron chi connectivity index (χ1n) is 8.96. The zero-order chi connectivity index (χ0) is 18.4. The lowest BCUT2D eigenvalue weighted by Crippen LogP contribution is -2.52. The average Bonchev–Trinajstić information content (AvgIpc) is 3.03. The van der Waals surface area contributed by atoms with Gasteiger partial charge in [0.2, 0.25) is 5.91 Å². The van der Waals surface area contributed by atoms with E-state index < -0.39 is 5.54 Å². The molecule has 2 heterocycles. The maximum atomic E-state index is 12.3. The van der Waals surface area contributed by atoms with Crippen LogP contribution in [-0.4, -0.2) is 57.5 Å². The van der Waals surface area contributed by atoms with Crippen LogP contribution in [0.3, 0.4) is 0 Å². The minimum Gasteiger partial charge on any atom is -0.394 e. The van der Waals surface area contributed by atoms with Gasteiger partial charge in [0.15, 0.2) is 0 Å². The number of carbonyl (C=O) groups excluding carboxylic acids is 1. The molecule has 0 spiro atoms. The number of hydrogen-bond donors (Lipinski definition) is 2. The third-order valence-electron chi connectivity index (χ3n) is 5.22. The fourth-order valence-electron chi connectivity index (χ4n) is 3.19. The molecule has 1 aliphatic rings. The normalized spacial score (nSPS) is 18.7. The molecule has 138 valence electrons. The Balaban J connectivity index is 1.85. The first-order valence-corrected chi connectivity index (χ1v) is 8.96. The third kappa shape index (κ3) is 4.80. The van der Waals surface area contributed by atoms with E-state index in [1.807, 2.05) is 24.6 Å². The molecule has 1 aromatic heterocycles. The van der Waals surface area contributed by atoms with Crippen molar-refractivity contribution in [1.29, 1.82) is 5.26 Å².